The summed E-state index contributed by atoms with van der Waals surface area (Å²) in [5, 5.41) is 11.8. The van der Waals surface area contributed by atoms with Crippen molar-refractivity contribution in [2.24, 2.45) is 0 Å². The van der Waals surface area contributed by atoms with Crippen LogP contribution in [0.4, 0.5) is 0 Å². The zero-order chi connectivity index (χ0) is 19.4. The number of nitrogens with zero attached hydrogens (tertiary/aromatic N) is 1. The van der Waals surface area contributed by atoms with Gasteiger partial charge in [-0.1, -0.05) is 61.4 Å². The molecule has 2 aromatic carbocycles. The standard InChI is InChI=1S/C25H30N2O/c1-27(19-21-7-3-2-4-8-21)16-12-22-18-26-24-10-9-20(17-23(22)24)11-15-25(28)13-5-6-14-25/h2-4,7-11,15,17-18,26,28H,5-6,12-14,16,19H2,1H3. The van der Waals surface area contributed by atoms with Crippen LogP contribution < -0.4 is 0 Å². The van der Waals surface area contributed by atoms with Gasteiger partial charge in [0.25, 0.3) is 0 Å². The monoisotopic (exact) mass is 374 g/mol. The molecular formula is C25H30N2O. The predicted octanol–water partition coefficient (Wildman–Crippen LogP) is 5.16. The average molecular weight is 375 g/mol. The number of H-pyrrole nitrogens is 1. The number of aromatic amines is 1. The minimum absolute atomic E-state index is 0.601. The molecule has 0 amide bonds. The maximum absolute atomic E-state index is 10.5. The van der Waals surface area contributed by atoms with Gasteiger partial charge in [-0.05, 0) is 55.1 Å². The third kappa shape index (κ3) is 4.54. The number of rotatable bonds is 7. The van der Waals surface area contributed by atoms with Crippen LogP contribution in [-0.2, 0) is 13.0 Å². The first kappa shape index (κ1) is 19.0. The molecule has 0 aliphatic heterocycles. The topological polar surface area (TPSA) is 39.3 Å². The summed E-state index contributed by atoms with van der Waals surface area (Å²) in [7, 11) is 2.18. The molecule has 0 radical (unpaired) electrons. The van der Waals surface area contributed by atoms with Crippen LogP contribution in [-0.4, -0.2) is 34.2 Å². The molecule has 1 saturated carbocycles. The lowest BCUT2D eigenvalue weighted by Crippen LogP contribution is -2.20. The van der Waals surface area contributed by atoms with Crippen molar-refractivity contribution in [3.8, 4) is 0 Å². The van der Waals surface area contributed by atoms with E-state index in [1.165, 1.54) is 22.0 Å². The van der Waals surface area contributed by atoms with E-state index in [1.807, 2.05) is 6.08 Å². The van der Waals surface area contributed by atoms with Crippen molar-refractivity contribution >= 4 is 17.0 Å². The molecule has 1 aliphatic rings. The van der Waals surface area contributed by atoms with E-state index < -0.39 is 5.60 Å². The maximum atomic E-state index is 10.5. The van der Waals surface area contributed by atoms with Gasteiger partial charge in [0, 0.05) is 30.2 Å². The van der Waals surface area contributed by atoms with Gasteiger partial charge in [-0.15, -0.1) is 0 Å². The molecule has 0 spiro atoms. The predicted molar refractivity (Wildman–Crippen MR) is 117 cm³/mol. The molecule has 146 valence electrons. The number of fused-ring (bicyclic) bond motifs is 1. The molecule has 4 rings (SSSR count). The van der Waals surface area contributed by atoms with Gasteiger partial charge in [0.2, 0.25) is 0 Å². The molecule has 1 heterocycles. The first-order chi connectivity index (χ1) is 13.6. The molecule has 1 fully saturated rings. The average Bonchev–Trinajstić information content (AvgIpc) is 3.32. The second kappa shape index (κ2) is 8.34. The minimum atomic E-state index is -0.601. The van der Waals surface area contributed by atoms with Crippen LogP contribution in [0.15, 0.2) is 60.8 Å². The molecule has 28 heavy (non-hydrogen) atoms. The molecule has 0 bridgehead atoms. The molecule has 1 aromatic heterocycles. The Bertz CT molecular complexity index is 936. The molecule has 0 atom stereocenters. The van der Waals surface area contributed by atoms with Gasteiger partial charge in [-0.3, -0.25) is 0 Å². The molecular weight excluding hydrogens is 344 g/mol. The lowest BCUT2D eigenvalue weighted by molar-refractivity contribution is 0.100. The van der Waals surface area contributed by atoms with Crippen LogP contribution in [0.25, 0.3) is 17.0 Å². The second-order valence-corrected chi connectivity index (χ2v) is 8.24. The number of nitrogens with one attached hydrogen (secondary N) is 1. The molecule has 3 heteroatoms. The fourth-order valence-corrected chi connectivity index (χ4v) is 4.20. The van der Waals surface area contributed by atoms with E-state index in [0.29, 0.717) is 0 Å². The summed E-state index contributed by atoms with van der Waals surface area (Å²) in [5.74, 6) is 0. The molecule has 3 nitrogen and oxygen atoms in total. The van der Waals surface area contributed by atoms with Crippen LogP contribution >= 0.6 is 0 Å². The third-order valence-corrected chi connectivity index (χ3v) is 5.91. The van der Waals surface area contributed by atoms with E-state index in [9.17, 15) is 5.11 Å². The number of aliphatic hydroxyl groups is 1. The van der Waals surface area contributed by atoms with Gasteiger partial charge in [-0.25, -0.2) is 0 Å². The van der Waals surface area contributed by atoms with Crippen LogP contribution in [0, 0.1) is 0 Å². The van der Waals surface area contributed by atoms with E-state index in [0.717, 1.165) is 50.8 Å². The van der Waals surface area contributed by atoms with Crippen molar-refractivity contribution in [3.63, 3.8) is 0 Å². The van der Waals surface area contributed by atoms with Crippen molar-refractivity contribution in [2.45, 2.75) is 44.2 Å². The SMILES string of the molecule is CN(CCc1c[nH]c2ccc(C=CC3(O)CCCC3)cc12)Cc1ccccc1. The highest BCUT2D eigenvalue weighted by Gasteiger charge is 2.27. The Morgan fingerprint density at radius 2 is 1.89 bits per heavy atom. The van der Waals surface area contributed by atoms with Gasteiger partial charge in [0.15, 0.2) is 0 Å². The Morgan fingerprint density at radius 3 is 2.68 bits per heavy atom. The first-order valence-corrected chi connectivity index (χ1v) is 10.4. The Balaban J connectivity index is 1.43. The first-order valence-electron chi connectivity index (χ1n) is 10.4. The van der Waals surface area contributed by atoms with E-state index in [1.54, 1.807) is 0 Å². The largest absolute Gasteiger partial charge is 0.386 e. The van der Waals surface area contributed by atoms with E-state index in [2.05, 4.69) is 77.7 Å². The number of hydrogen-bond donors (Lipinski definition) is 2. The Hall–Kier alpha value is -2.36. The zero-order valence-electron chi connectivity index (χ0n) is 16.7. The fraction of sp³-hybridized carbons (Fsp3) is 0.360. The number of likely N-dealkylation sites (N-methyl/N-ethyl adjacent to an activating group) is 1. The highest BCUT2D eigenvalue weighted by atomic mass is 16.3. The smallest absolute Gasteiger partial charge is 0.0830 e. The quantitative estimate of drug-likeness (QED) is 0.599. The molecule has 2 N–H and O–H groups in total. The van der Waals surface area contributed by atoms with Gasteiger partial charge in [-0.2, -0.15) is 0 Å². The van der Waals surface area contributed by atoms with Crippen LogP contribution in [0.1, 0.15) is 42.4 Å². The van der Waals surface area contributed by atoms with E-state index in [4.69, 9.17) is 0 Å². The van der Waals surface area contributed by atoms with Gasteiger partial charge < -0.3 is 15.0 Å². The van der Waals surface area contributed by atoms with Crippen molar-refractivity contribution < 1.29 is 5.11 Å². The summed E-state index contributed by atoms with van der Waals surface area (Å²) in [4.78, 5) is 5.77. The number of hydrogen-bond acceptors (Lipinski definition) is 2. The zero-order valence-corrected chi connectivity index (χ0v) is 16.7. The fourth-order valence-electron chi connectivity index (χ4n) is 4.20. The van der Waals surface area contributed by atoms with E-state index >= 15 is 0 Å². The third-order valence-electron chi connectivity index (χ3n) is 5.91. The lowest BCUT2D eigenvalue weighted by Gasteiger charge is -2.16. The highest BCUT2D eigenvalue weighted by Crippen LogP contribution is 2.31. The molecule has 0 saturated heterocycles. The van der Waals surface area contributed by atoms with Crippen LogP contribution in [0.3, 0.4) is 0 Å². The van der Waals surface area contributed by atoms with Crippen molar-refractivity contribution in [2.75, 3.05) is 13.6 Å². The summed E-state index contributed by atoms with van der Waals surface area (Å²) >= 11 is 0. The molecule has 3 aromatic rings. The van der Waals surface area contributed by atoms with Gasteiger partial charge in [0.05, 0.1) is 5.60 Å². The highest BCUT2D eigenvalue weighted by molar-refractivity contribution is 5.85. The van der Waals surface area contributed by atoms with Crippen molar-refractivity contribution in [1.29, 1.82) is 0 Å². The lowest BCUT2D eigenvalue weighted by atomic mass is 10.00. The number of aromatic nitrogens is 1. The summed E-state index contributed by atoms with van der Waals surface area (Å²) in [5.41, 5.74) is 4.44. The second-order valence-electron chi connectivity index (χ2n) is 8.24. The Kier molecular flexibility index (Phi) is 5.65. The Labute approximate surface area is 167 Å². The summed E-state index contributed by atoms with van der Waals surface area (Å²) in [6.07, 6.45) is 11.3. The molecule has 0 unspecified atom stereocenters. The van der Waals surface area contributed by atoms with Crippen molar-refractivity contribution in [3.05, 3.63) is 77.5 Å². The summed E-state index contributed by atoms with van der Waals surface area (Å²) in [6.45, 7) is 1.98. The number of benzene rings is 2. The molecule has 1 aliphatic carbocycles. The van der Waals surface area contributed by atoms with Gasteiger partial charge in [0.1, 0.15) is 0 Å². The van der Waals surface area contributed by atoms with Crippen LogP contribution in [0.5, 0.6) is 0 Å². The van der Waals surface area contributed by atoms with Crippen molar-refractivity contribution in [1.82, 2.24) is 9.88 Å². The normalized spacial score (nSPS) is 16.5. The summed E-state index contributed by atoms with van der Waals surface area (Å²) < 4.78 is 0. The summed E-state index contributed by atoms with van der Waals surface area (Å²) in [6, 6.07) is 17.1. The van der Waals surface area contributed by atoms with E-state index in [-0.39, 0.29) is 0 Å². The van der Waals surface area contributed by atoms with Gasteiger partial charge >= 0.3 is 0 Å². The maximum Gasteiger partial charge on any atom is 0.0830 e. The minimum Gasteiger partial charge on any atom is -0.386 e. The van der Waals surface area contributed by atoms with Crippen LogP contribution in [0.2, 0.25) is 0 Å². The Morgan fingerprint density at radius 1 is 1.11 bits per heavy atom.